The molecule has 4 aromatic heterocycles. The molecule has 0 aliphatic carbocycles. The third-order valence-corrected chi connectivity index (χ3v) is 11.9. The Kier molecular flexibility index (Phi) is 6.44. The van der Waals surface area contributed by atoms with Crippen LogP contribution in [0.5, 0.6) is 0 Å². The number of nitrogens with zero attached hydrogens (tertiary/aromatic N) is 3. The maximum Gasteiger partial charge on any atom is 0.227 e. The molecule has 6 heteroatoms. The van der Waals surface area contributed by atoms with Gasteiger partial charge in [0.15, 0.2) is 11.2 Å². The number of anilines is 3. The fourth-order valence-corrected chi connectivity index (χ4v) is 9.55. The lowest BCUT2D eigenvalue weighted by Gasteiger charge is -2.27. The lowest BCUT2D eigenvalue weighted by Crippen LogP contribution is -2.11. The molecule has 55 heavy (non-hydrogen) atoms. The van der Waals surface area contributed by atoms with Crippen molar-refractivity contribution >= 4 is 103 Å². The largest absolute Gasteiger partial charge is 0.454 e. The number of para-hydroxylation sites is 3. The van der Waals surface area contributed by atoms with Gasteiger partial charge in [-0.3, -0.25) is 0 Å². The van der Waals surface area contributed by atoms with Crippen molar-refractivity contribution in [3.8, 4) is 17.1 Å². The van der Waals surface area contributed by atoms with Crippen molar-refractivity contribution < 1.29 is 8.83 Å². The molecule has 0 aliphatic rings. The molecule has 12 aromatic rings. The van der Waals surface area contributed by atoms with Crippen LogP contribution in [0.1, 0.15) is 0 Å². The van der Waals surface area contributed by atoms with Crippen LogP contribution in [0.25, 0.3) is 92.2 Å². The second-order valence-corrected chi connectivity index (χ2v) is 15.0. The van der Waals surface area contributed by atoms with Gasteiger partial charge in [0.1, 0.15) is 16.8 Å². The summed E-state index contributed by atoms with van der Waals surface area (Å²) in [6.07, 6.45) is 0. The van der Waals surface area contributed by atoms with E-state index in [0.29, 0.717) is 11.5 Å². The summed E-state index contributed by atoms with van der Waals surface area (Å²) in [5.41, 5.74) is 10.1. The molecule has 4 heterocycles. The highest BCUT2D eigenvalue weighted by atomic mass is 32.1. The van der Waals surface area contributed by atoms with Gasteiger partial charge in [0, 0.05) is 58.7 Å². The number of hydrogen-bond donors (Lipinski definition) is 0. The van der Waals surface area contributed by atoms with E-state index in [-0.39, 0.29) is 0 Å². The Bertz CT molecular complexity index is 3450. The molecule has 0 aliphatic heterocycles. The minimum atomic E-state index is 0.563. The lowest BCUT2D eigenvalue weighted by atomic mass is 10.0. The molecule has 0 radical (unpaired) electrons. The Morgan fingerprint density at radius 3 is 2.09 bits per heavy atom. The van der Waals surface area contributed by atoms with Gasteiger partial charge in [-0.15, -0.1) is 11.3 Å². The fraction of sp³-hybridized carbons (Fsp3) is 0. The van der Waals surface area contributed by atoms with E-state index in [4.69, 9.17) is 13.8 Å². The number of benzene rings is 8. The Morgan fingerprint density at radius 2 is 1.22 bits per heavy atom. The SMILES string of the molecule is c1ccc(-c2nc3c(N(c4ccc5c6ccccc6n(-c6ccccc6)c5c4)c4cccc5sc6ccccc6c45)c4oc5ccccc5c4cc3o2)cc1. The standard InChI is InChI=1S/C49H29N3O2S/c1-3-14-30(15-4-1)49-50-46-42(54-49)29-37-35-19-8-11-23-41(35)53-48(37)47(46)52(39-22-13-25-44-45(39)36-20-9-12-24-43(36)55-44)32-26-27-34-33-18-7-10-21-38(33)51(40(34)28-32)31-16-5-2-6-17-31/h1-29H. The summed E-state index contributed by atoms with van der Waals surface area (Å²) in [6, 6.07) is 61.8. The number of hydrogen-bond acceptors (Lipinski definition) is 5. The zero-order chi connectivity index (χ0) is 36.0. The molecule has 0 fully saturated rings. The van der Waals surface area contributed by atoms with Gasteiger partial charge < -0.3 is 18.3 Å². The summed E-state index contributed by atoms with van der Waals surface area (Å²) in [5, 5.41) is 6.77. The number of oxazole rings is 1. The summed E-state index contributed by atoms with van der Waals surface area (Å²) < 4.78 is 18.4. The Balaban J connectivity index is 1.25. The van der Waals surface area contributed by atoms with E-state index in [1.165, 1.54) is 30.9 Å². The van der Waals surface area contributed by atoms with Gasteiger partial charge in [0.05, 0.1) is 16.7 Å². The van der Waals surface area contributed by atoms with Crippen molar-refractivity contribution in [3.05, 3.63) is 176 Å². The van der Waals surface area contributed by atoms with E-state index in [0.717, 1.165) is 66.8 Å². The number of rotatable bonds is 5. The van der Waals surface area contributed by atoms with Gasteiger partial charge in [-0.05, 0) is 72.8 Å². The van der Waals surface area contributed by atoms with Crippen molar-refractivity contribution in [1.82, 2.24) is 9.55 Å². The van der Waals surface area contributed by atoms with E-state index < -0.39 is 0 Å². The molecule has 0 saturated heterocycles. The minimum Gasteiger partial charge on any atom is -0.454 e. The summed E-state index contributed by atoms with van der Waals surface area (Å²) in [4.78, 5) is 7.66. The van der Waals surface area contributed by atoms with Gasteiger partial charge in [0.25, 0.3) is 0 Å². The molecular formula is C49H29N3O2S. The second-order valence-electron chi connectivity index (χ2n) is 13.9. The maximum absolute atomic E-state index is 6.91. The molecule has 0 saturated carbocycles. The monoisotopic (exact) mass is 723 g/mol. The van der Waals surface area contributed by atoms with E-state index >= 15 is 0 Å². The molecule has 0 spiro atoms. The first-order chi connectivity index (χ1) is 27.3. The zero-order valence-corrected chi connectivity index (χ0v) is 30.1. The predicted octanol–water partition coefficient (Wildman–Crippen LogP) is 14.3. The van der Waals surface area contributed by atoms with Gasteiger partial charge in [-0.1, -0.05) is 103 Å². The lowest BCUT2D eigenvalue weighted by molar-refractivity contribution is 0.620. The average Bonchev–Trinajstić information content (AvgIpc) is 4.02. The van der Waals surface area contributed by atoms with Crippen LogP contribution in [0.4, 0.5) is 17.1 Å². The van der Waals surface area contributed by atoms with Gasteiger partial charge in [0.2, 0.25) is 5.89 Å². The number of thiophene rings is 1. The van der Waals surface area contributed by atoms with E-state index in [9.17, 15) is 0 Å². The van der Waals surface area contributed by atoms with Crippen LogP contribution in [0.15, 0.2) is 185 Å². The van der Waals surface area contributed by atoms with Crippen LogP contribution in [0.3, 0.4) is 0 Å². The van der Waals surface area contributed by atoms with E-state index in [1.54, 1.807) is 0 Å². The average molecular weight is 724 g/mol. The molecule has 5 nitrogen and oxygen atoms in total. The van der Waals surface area contributed by atoms with Gasteiger partial charge in [-0.2, -0.15) is 0 Å². The first kappa shape index (κ1) is 30.3. The van der Waals surface area contributed by atoms with Crippen LogP contribution in [0, 0.1) is 0 Å². The molecular weight excluding hydrogens is 695 g/mol. The first-order valence-corrected chi connectivity index (χ1v) is 19.2. The van der Waals surface area contributed by atoms with Crippen molar-refractivity contribution in [2.24, 2.45) is 0 Å². The van der Waals surface area contributed by atoms with Crippen molar-refractivity contribution in [2.75, 3.05) is 4.90 Å². The number of aromatic nitrogens is 2. The molecule has 0 amide bonds. The number of furan rings is 1. The third-order valence-electron chi connectivity index (χ3n) is 10.8. The molecule has 0 unspecified atom stereocenters. The topological polar surface area (TPSA) is 47.3 Å². The zero-order valence-electron chi connectivity index (χ0n) is 29.3. The van der Waals surface area contributed by atoms with Crippen molar-refractivity contribution in [2.45, 2.75) is 0 Å². The number of fused-ring (bicyclic) bond motifs is 10. The van der Waals surface area contributed by atoms with E-state index in [2.05, 4.69) is 143 Å². The van der Waals surface area contributed by atoms with Crippen LogP contribution in [0.2, 0.25) is 0 Å². The highest BCUT2D eigenvalue weighted by Gasteiger charge is 2.28. The molecule has 0 N–H and O–H groups in total. The summed E-state index contributed by atoms with van der Waals surface area (Å²) in [7, 11) is 0. The molecule has 8 aromatic carbocycles. The van der Waals surface area contributed by atoms with Gasteiger partial charge in [-0.25, -0.2) is 4.98 Å². The fourth-order valence-electron chi connectivity index (χ4n) is 8.42. The van der Waals surface area contributed by atoms with Crippen LogP contribution in [-0.4, -0.2) is 9.55 Å². The van der Waals surface area contributed by atoms with Gasteiger partial charge >= 0.3 is 0 Å². The molecule has 258 valence electrons. The van der Waals surface area contributed by atoms with Crippen molar-refractivity contribution in [3.63, 3.8) is 0 Å². The molecule has 12 rings (SSSR count). The summed E-state index contributed by atoms with van der Waals surface area (Å²) in [6.45, 7) is 0. The maximum atomic E-state index is 6.91. The Labute approximate surface area is 318 Å². The highest BCUT2D eigenvalue weighted by molar-refractivity contribution is 7.26. The highest BCUT2D eigenvalue weighted by Crippen LogP contribution is 2.51. The Hall–Kier alpha value is -7.15. The first-order valence-electron chi connectivity index (χ1n) is 18.4. The van der Waals surface area contributed by atoms with Crippen LogP contribution in [-0.2, 0) is 0 Å². The summed E-state index contributed by atoms with van der Waals surface area (Å²) >= 11 is 1.81. The van der Waals surface area contributed by atoms with E-state index in [1.807, 2.05) is 53.8 Å². The quantitative estimate of drug-likeness (QED) is 0.177. The summed E-state index contributed by atoms with van der Waals surface area (Å²) in [5.74, 6) is 0.563. The Morgan fingerprint density at radius 1 is 0.509 bits per heavy atom. The van der Waals surface area contributed by atoms with Crippen LogP contribution >= 0.6 is 11.3 Å². The second kappa shape index (κ2) is 11.7. The molecule has 0 atom stereocenters. The molecule has 0 bridgehead atoms. The predicted molar refractivity (Wildman–Crippen MR) is 229 cm³/mol. The third kappa shape index (κ3) is 4.49. The van der Waals surface area contributed by atoms with Crippen molar-refractivity contribution in [1.29, 1.82) is 0 Å². The minimum absolute atomic E-state index is 0.563. The normalized spacial score (nSPS) is 12.0. The smallest absolute Gasteiger partial charge is 0.227 e. The van der Waals surface area contributed by atoms with Crippen LogP contribution < -0.4 is 4.90 Å².